The van der Waals surface area contributed by atoms with E-state index in [9.17, 15) is 4.79 Å². The van der Waals surface area contributed by atoms with Crippen LogP contribution in [0.4, 0.5) is 0 Å². The molecule has 0 bridgehead atoms. The number of halogens is 1. The van der Waals surface area contributed by atoms with Gasteiger partial charge in [-0.05, 0) is 41.1 Å². The first kappa shape index (κ1) is 14.6. The number of hydrogen-bond donors (Lipinski definition) is 0. The largest absolute Gasteiger partial charge is 0.490 e. The molecule has 0 spiro atoms. The molecule has 106 valence electrons. The summed E-state index contributed by atoms with van der Waals surface area (Å²) in [5.74, 6) is 1.11. The van der Waals surface area contributed by atoms with Crippen molar-refractivity contribution in [3.8, 4) is 11.5 Å². The Bertz CT molecular complexity index is 610. The molecule has 1 heterocycles. The molecular formula is C14H15BrN2O3. The number of hydrogen-bond acceptors (Lipinski definition) is 4. The Balaban J connectivity index is 2.22. The van der Waals surface area contributed by atoms with Gasteiger partial charge >= 0.3 is 0 Å². The van der Waals surface area contributed by atoms with Gasteiger partial charge in [0.15, 0.2) is 11.5 Å². The van der Waals surface area contributed by atoms with Crippen molar-refractivity contribution in [1.82, 2.24) is 9.78 Å². The van der Waals surface area contributed by atoms with E-state index in [-0.39, 0.29) is 0 Å². The highest BCUT2D eigenvalue weighted by Gasteiger charge is 2.13. The molecule has 1 aromatic carbocycles. The Morgan fingerprint density at radius 3 is 2.80 bits per heavy atom. The average molecular weight is 339 g/mol. The summed E-state index contributed by atoms with van der Waals surface area (Å²) in [5, 5.41) is 4.24. The predicted octanol–water partition coefficient (Wildman–Crippen LogP) is 2.97. The third-order valence-electron chi connectivity index (χ3n) is 2.60. The maximum atomic E-state index is 10.9. The van der Waals surface area contributed by atoms with E-state index in [0.717, 1.165) is 12.0 Å². The molecule has 0 unspecified atom stereocenters. The topological polar surface area (TPSA) is 53.4 Å². The van der Waals surface area contributed by atoms with E-state index < -0.39 is 0 Å². The van der Waals surface area contributed by atoms with Gasteiger partial charge in [0.25, 0.3) is 0 Å². The van der Waals surface area contributed by atoms with Crippen LogP contribution in [0.5, 0.6) is 11.5 Å². The van der Waals surface area contributed by atoms with Gasteiger partial charge < -0.3 is 9.47 Å². The molecule has 0 N–H and O–H groups in total. The summed E-state index contributed by atoms with van der Waals surface area (Å²) in [6.45, 7) is 2.71. The first-order chi connectivity index (χ1) is 9.63. The van der Waals surface area contributed by atoms with Gasteiger partial charge in [-0.1, -0.05) is 0 Å². The second-order valence-electron chi connectivity index (χ2n) is 4.15. The van der Waals surface area contributed by atoms with Crippen molar-refractivity contribution in [1.29, 1.82) is 0 Å². The van der Waals surface area contributed by atoms with Crippen LogP contribution in [0.2, 0.25) is 0 Å². The molecule has 2 aromatic rings. The first-order valence-corrected chi connectivity index (χ1v) is 6.96. The van der Waals surface area contributed by atoms with Crippen molar-refractivity contribution in [3.63, 3.8) is 0 Å². The number of carbonyl (C=O) groups excluding carboxylic acids is 1. The number of aromatic nitrogens is 2. The summed E-state index contributed by atoms with van der Waals surface area (Å²) in [5.41, 5.74) is 1.35. The van der Waals surface area contributed by atoms with Gasteiger partial charge in [0.1, 0.15) is 12.9 Å². The van der Waals surface area contributed by atoms with Crippen molar-refractivity contribution < 1.29 is 14.3 Å². The number of ether oxygens (including phenoxy) is 2. The van der Waals surface area contributed by atoms with Crippen LogP contribution in [0.15, 0.2) is 28.9 Å². The van der Waals surface area contributed by atoms with Gasteiger partial charge in [0.05, 0.1) is 16.8 Å². The van der Waals surface area contributed by atoms with Crippen LogP contribution in [0.3, 0.4) is 0 Å². The molecule has 0 aliphatic heterocycles. The minimum Gasteiger partial charge on any atom is -0.490 e. The van der Waals surface area contributed by atoms with Gasteiger partial charge in [0, 0.05) is 18.8 Å². The van der Waals surface area contributed by atoms with Crippen molar-refractivity contribution >= 4 is 22.2 Å². The highest BCUT2D eigenvalue weighted by Crippen LogP contribution is 2.37. The SMILES string of the molecule is CCOc1cc(C=O)cc(Br)c1OCc1ccn(C)n1. The maximum Gasteiger partial charge on any atom is 0.175 e. The third kappa shape index (κ3) is 3.39. The quantitative estimate of drug-likeness (QED) is 0.760. The zero-order valence-electron chi connectivity index (χ0n) is 11.3. The van der Waals surface area contributed by atoms with E-state index in [1.807, 2.05) is 26.2 Å². The normalized spacial score (nSPS) is 10.3. The van der Waals surface area contributed by atoms with E-state index in [4.69, 9.17) is 9.47 Å². The number of benzene rings is 1. The molecular weight excluding hydrogens is 324 g/mol. The van der Waals surface area contributed by atoms with Crippen LogP contribution in [-0.4, -0.2) is 22.7 Å². The number of carbonyl (C=O) groups is 1. The molecule has 0 fully saturated rings. The number of nitrogens with zero attached hydrogens (tertiary/aromatic N) is 2. The summed E-state index contributed by atoms with van der Waals surface area (Å²) < 4.78 is 13.7. The molecule has 0 amide bonds. The molecule has 6 heteroatoms. The number of rotatable bonds is 6. The van der Waals surface area contributed by atoms with Crippen molar-refractivity contribution in [2.75, 3.05) is 6.61 Å². The second kappa shape index (κ2) is 6.56. The lowest BCUT2D eigenvalue weighted by molar-refractivity contribution is 0.112. The summed E-state index contributed by atoms with van der Waals surface area (Å²) in [6.07, 6.45) is 2.63. The number of aryl methyl sites for hydroxylation is 1. The zero-order chi connectivity index (χ0) is 14.5. The van der Waals surface area contributed by atoms with Crippen LogP contribution in [0, 0.1) is 0 Å². The van der Waals surface area contributed by atoms with Gasteiger partial charge in [-0.2, -0.15) is 5.10 Å². The van der Waals surface area contributed by atoms with E-state index in [0.29, 0.717) is 34.7 Å². The van der Waals surface area contributed by atoms with Crippen LogP contribution in [0.25, 0.3) is 0 Å². The fraction of sp³-hybridized carbons (Fsp3) is 0.286. The van der Waals surface area contributed by atoms with E-state index >= 15 is 0 Å². The second-order valence-corrected chi connectivity index (χ2v) is 5.00. The van der Waals surface area contributed by atoms with Crippen molar-refractivity contribution in [2.24, 2.45) is 7.05 Å². The lowest BCUT2D eigenvalue weighted by atomic mass is 10.2. The predicted molar refractivity (Wildman–Crippen MR) is 78.2 cm³/mol. The third-order valence-corrected chi connectivity index (χ3v) is 3.19. The van der Waals surface area contributed by atoms with Gasteiger partial charge in [-0.15, -0.1) is 0 Å². The van der Waals surface area contributed by atoms with Crippen LogP contribution < -0.4 is 9.47 Å². The standard InChI is InChI=1S/C14H15BrN2O3/c1-3-19-13-7-10(8-18)6-12(15)14(13)20-9-11-4-5-17(2)16-11/h4-8H,3,9H2,1-2H3. The lowest BCUT2D eigenvalue weighted by Gasteiger charge is -2.13. The lowest BCUT2D eigenvalue weighted by Crippen LogP contribution is -2.02. The molecule has 0 aliphatic rings. The smallest absolute Gasteiger partial charge is 0.175 e. The Morgan fingerprint density at radius 1 is 1.40 bits per heavy atom. The Hall–Kier alpha value is -1.82. The highest BCUT2D eigenvalue weighted by molar-refractivity contribution is 9.10. The number of aldehydes is 1. The van der Waals surface area contributed by atoms with Crippen molar-refractivity contribution in [3.05, 3.63) is 40.1 Å². The summed E-state index contributed by atoms with van der Waals surface area (Å²) >= 11 is 3.40. The van der Waals surface area contributed by atoms with Crippen LogP contribution >= 0.6 is 15.9 Å². The molecule has 2 rings (SSSR count). The van der Waals surface area contributed by atoms with Gasteiger partial charge in [0.2, 0.25) is 0 Å². The van der Waals surface area contributed by atoms with Crippen LogP contribution in [0.1, 0.15) is 23.0 Å². The molecule has 0 saturated heterocycles. The highest BCUT2D eigenvalue weighted by atomic mass is 79.9. The molecule has 0 atom stereocenters. The van der Waals surface area contributed by atoms with E-state index in [1.165, 1.54) is 0 Å². The molecule has 5 nitrogen and oxygen atoms in total. The Morgan fingerprint density at radius 2 is 2.20 bits per heavy atom. The van der Waals surface area contributed by atoms with E-state index in [2.05, 4.69) is 21.0 Å². The first-order valence-electron chi connectivity index (χ1n) is 6.17. The van der Waals surface area contributed by atoms with E-state index in [1.54, 1.807) is 16.8 Å². The molecule has 1 aromatic heterocycles. The molecule has 20 heavy (non-hydrogen) atoms. The fourth-order valence-electron chi connectivity index (χ4n) is 1.75. The summed E-state index contributed by atoms with van der Waals surface area (Å²) in [7, 11) is 1.85. The summed E-state index contributed by atoms with van der Waals surface area (Å²) in [4.78, 5) is 10.9. The average Bonchev–Trinajstić information content (AvgIpc) is 2.83. The van der Waals surface area contributed by atoms with Gasteiger partial charge in [-0.3, -0.25) is 9.48 Å². The minimum absolute atomic E-state index is 0.333. The minimum atomic E-state index is 0.333. The molecule has 0 radical (unpaired) electrons. The Labute approximate surface area is 125 Å². The monoisotopic (exact) mass is 338 g/mol. The van der Waals surface area contributed by atoms with Crippen molar-refractivity contribution in [2.45, 2.75) is 13.5 Å². The zero-order valence-corrected chi connectivity index (χ0v) is 12.9. The summed E-state index contributed by atoms with van der Waals surface area (Å²) in [6, 6.07) is 5.24. The van der Waals surface area contributed by atoms with Crippen LogP contribution in [-0.2, 0) is 13.7 Å². The Kier molecular flexibility index (Phi) is 4.79. The van der Waals surface area contributed by atoms with Gasteiger partial charge in [-0.25, -0.2) is 0 Å². The maximum absolute atomic E-state index is 10.9. The molecule has 0 aliphatic carbocycles. The molecule has 0 saturated carbocycles. The fourth-order valence-corrected chi connectivity index (χ4v) is 2.32.